The molecule has 4 nitrogen and oxygen atoms in total. The average Bonchev–Trinajstić information content (AvgIpc) is 2.41. The van der Waals surface area contributed by atoms with Gasteiger partial charge in [-0.15, -0.1) is 0 Å². The number of nitriles is 1. The molecular formula is C15H15N3O. The highest BCUT2D eigenvalue weighted by Gasteiger charge is 2.20. The molecule has 0 radical (unpaired) electrons. The van der Waals surface area contributed by atoms with E-state index in [9.17, 15) is 4.79 Å². The summed E-state index contributed by atoms with van der Waals surface area (Å²) in [6.07, 6.45) is 5.14. The average molecular weight is 253 g/mol. The highest BCUT2D eigenvalue weighted by atomic mass is 16.1. The van der Waals surface area contributed by atoms with Crippen LogP contribution >= 0.6 is 0 Å². The SMILES string of the molecule is Cc1ccc(CN2C=CC(C#N)C(C(N)=O)=C2)cc1. The number of hydrogen-bond donors (Lipinski definition) is 1. The first kappa shape index (κ1) is 12.9. The molecule has 0 saturated carbocycles. The number of hydrogen-bond acceptors (Lipinski definition) is 3. The number of primary amides is 1. The Balaban J connectivity index is 2.16. The van der Waals surface area contributed by atoms with Crippen molar-refractivity contribution >= 4 is 5.91 Å². The third-order valence-corrected chi connectivity index (χ3v) is 3.02. The summed E-state index contributed by atoms with van der Waals surface area (Å²) in [5.74, 6) is -1.10. The van der Waals surface area contributed by atoms with Gasteiger partial charge in [0.2, 0.25) is 5.91 Å². The number of benzene rings is 1. The summed E-state index contributed by atoms with van der Waals surface area (Å²) in [5.41, 5.74) is 7.96. The second-order valence-corrected chi connectivity index (χ2v) is 4.55. The third kappa shape index (κ3) is 3.02. The number of allylic oxidation sites excluding steroid dienone is 1. The monoisotopic (exact) mass is 253 g/mol. The molecule has 0 spiro atoms. The van der Waals surface area contributed by atoms with Crippen LogP contribution in [0.25, 0.3) is 0 Å². The quantitative estimate of drug-likeness (QED) is 0.893. The summed E-state index contributed by atoms with van der Waals surface area (Å²) in [7, 11) is 0. The maximum absolute atomic E-state index is 11.3. The van der Waals surface area contributed by atoms with E-state index in [4.69, 9.17) is 11.0 Å². The molecule has 1 aliphatic heterocycles. The molecule has 0 aromatic heterocycles. The lowest BCUT2D eigenvalue weighted by atomic mass is 9.98. The van der Waals surface area contributed by atoms with Crippen LogP contribution in [-0.2, 0) is 11.3 Å². The Morgan fingerprint density at radius 2 is 2.11 bits per heavy atom. The number of aryl methyl sites for hydroxylation is 1. The van der Waals surface area contributed by atoms with E-state index in [0.29, 0.717) is 12.1 Å². The van der Waals surface area contributed by atoms with Crippen LogP contribution in [0.3, 0.4) is 0 Å². The fourth-order valence-electron chi connectivity index (χ4n) is 1.93. The molecule has 1 aliphatic rings. The second-order valence-electron chi connectivity index (χ2n) is 4.55. The van der Waals surface area contributed by atoms with Crippen molar-refractivity contribution in [2.45, 2.75) is 13.5 Å². The van der Waals surface area contributed by atoms with E-state index < -0.39 is 11.8 Å². The smallest absolute Gasteiger partial charge is 0.247 e. The van der Waals surface area contributed by atoms with E-state index >= 15 is 0 Å². The lowest BCUT2D eigenvalue weighted by Crippen LogP contribution is -2.25. The Bertz CT molecular complexity index is 578. The van der Waals surface area contributed by atoms with Crippen LogP contribution < -0.4 is 5.73 Å². The van der Waals surface area contributed by atoms with Gasteiger partial charge in [0.1, 0.15) is 0 Å². The lowest BCUT2D eigenvalue weighted by Gasteiger charge is -2.22. The van der Waals surface area contributed by atoms with Crippen molar-refractivity contribution in [3.63, 3.8) is 0 Å². The second kappa shape index (κ2) is 5.40. The van der Waals surface area contributed by atoms with Gasteiger partial charge in [-0.05, 0) is 18.6 Å². The van der Waals surface area contributed by atoms with Gasteiger partial charge in [0, 0.05) is 18.9 Å². The van der Waals surface area contributed by atoms with E-state index in [1.165, 1.54) is 5.56 Å². The van der Waals surface area contributed by atoms with Crippen molar-refractivity contribution in [1.29, 1.82) is 5.26 Å². The van der Waals surface area contributed by atoms with Gasteiger partial charge in [0.25, 0.3) is 0 Å². The molecule has 1 aromatic carbocycles. The van der Waals surface area contributed by atoms with E-state index in [-0.39, 0.29) is 0 Å². The maximum atomic E-state index is 11.3. The molecular weight excluding hydrogens is 238 g/mol. The van der Waals surface area contributed by atoms with Gasteiger partial charge < -0.3 is 10.6 Å². The van der Waals surface area contributed by atoms with Crippen molar-refractivity contribution in [1.82, 2.24) is 4.90 Å². The van der Waals surface area contributed by atoms with Crippen LogP contribution in [0.4, 0.5) is 0 Å². The zero-order chi connectivity index (χ0) is 13.8. The van der Waals surface area contributed by atoms with Crippen LogP contribution in [0.2, 0.25) is 0 Å². The number of nitrogens with two attached hydrogens (primary N) is 1. The molecule has 1 amide bonds. The maximum Gasteiger partial charge on any atom is 0.247 e. The molecule has 0 saturated heterocycles. The van der Waals surface area contributed by atoms with Crippen molar-refractivity contribution in [2.75, 3.05) is 0 Å². The first-order valence-corrected chi connectivity index (χ1v) is 6.01. The number of amides is 1. The number of rotatable bonds is 3. The fraction of sp³-hybridized carbons (Fsp3) is 0.200. The number of carbonyl (C=O) groups excluding carboxylic acids is 1. The molecule has 1 heterocycles. The van der Waals surface area contributed by atoms with Crippen LogP contribution in [0.5, 0.6) is 0 Å². The van der Waals surface area contributed by atoms with Gasteiger partial charge in [-0.3, -0.25) is 4.79 Å². The van der Waals surface area contributed by atoms with Gasteiger partial charge in [-0.1, -0.05) is 29.8 Å². The standard InChI is InChI=1S/C15H15N3O/c1-11-2-4-12(5-3-11)9-18-7-6-13(8-16)14(10-18)15(17)19/h2-7,10,13H,9H2,1H3,(H2,17,19). The number of nitrogens with zero attached hydrogens (tertiary/aromatic N) is 2. The molecule has 0 aliphatic carbocycles. The molecule has 1 atom stereocenters. The molecule has 0 fully saturated rings. The summed E-state index contributed by atoms with van der Waals surface area (Å²) in [6.45, 7) is 2.68. The van der Waals surface area contributed by atoms with E-state index in [1.807, 2.05) is 42.2 Å². The van der Waals surface area contributed by atoms with Crippen molar-refractivity contribution in [2.24, 2.45) is 11.7 Å². The number of carbonyl (C=O) groups is 1. The minimum atomic E-state index is -0.551. The Kier molecular flexibility index (Phi) is 3.67. The van der Waals surface area contributed by atoms with Crippen molar-refractivity contribution < 1.29 is 4.79 Å². The zero-order valence-electron chi connectivity index (χ0n) is 10.7. The molecule has 19 heavy (non-hydrogen) atoms. The Hall–Kier alpha value is -2.54. The molecule has 1 aromatic rings. The van der Waals surface area contributed by atoms with Crippen LogP contribution in [0.15, 0.2) is 48.3 Å². The fourth-order valence-corrected chi connectivity index (χ4v) is 1.93. The van der Waals surface area contributed by atoms with Crippen LogP contribution in [-0.4, -0.2) is 10.8 Å². The predicted molar refractivity (Wildman–Crippen MR) is 72.2 cm³/mol. The Morgan fingerprint density at radius 1 is 1.42 bits per heavy atom. The van der Waals surface area contributed by atoms with Crippen LogP contribution in [0, 0.1) is 24.2 Å². The minimum absolute atomic E-state index is 0.331. The van der Waals surface area contributed by atoms with Gasteiger partial charge in [0.15, 0.2) is 0 Å². The highest BCUT2D eigenvalue weighted by Crippen LogP contribution is 2.20. The third-order valence-electron chi connectivity index (χ3n) is 3.02. The molecule has 4 heteroatoms. The first-order chi connectivity index (χ1) is 9.10. The molecule has 2 rings (SSSR count). The van der Waals surface area contributed by atoms with E-state index in [2.05, 4.69) is 0 Å². The predicted octanol–water partition coefficient (Wildman–Crippen LogP) is 1.83. The van der Waals surface area contributed by atoms with Gasteiger partial charge in [-0.25, -0.2) is 0 Å². The Morgan fingerprint density at radius 3 is 2.68 bits per heavy atom. The van der Waals surface area contributed by atoms with E-state index in [0.717, 1.165) is 5.56 Å². The molecule has 96 valence electrons. The summed E-state index contributed by atoms with van der Waals surface area (Å²) in [6, 6.07) is 10.2. The summed E-state index contributed by atoms with van der Waals surface area (Å²) < 4.78 is 0. The lowest BCUT2D eigenvalue weighted by molar-refractivity contribution is -0.114. The first-order valence-electron chi connectivity index (χ1n) is 6.01. The highest BCUT2D eigenvalue weighted by molar-refractivity contribution is 5.93. The van der Waals surface area contributed by atoms with Crippen molar-refractivity contribution in [3.05, 3.63) is 59.4 Å². The zero-order valence-corrected chi connectivity index (χ0v) is 10.7. The largest absolute Gasteiger partial charge is 0.366 e. The van der Waals surface area contributed by atoms with Crippen LogP contribution in [0.1, 0.15) is 11.1 Å². The molecule has 1 unspecified atom stereocenters. The minimum Gasteiger partial charge on any atom is -0.366 e. The summed E-state index contributed by atoms with van der Waals surface area (Å²) in [5, 5.41) is 8.95. The van der Waals surface area contributed by atoms with Gasteiger partial charge in [0.05, 0.1) is 17.6 Å². The summed E-state index contributed by atoms with van der Waals surface area (Å²) >= 11 is 0. The topological polar surface area (TPSA) is 70.1 Å². The molecule has 0 bridgehead atoms. The Labute approximate surface area is 112 Å². The van der Waals surface area contributed by atoms with Crippen molar-refractivity contribution in [3.8, 4) is 6.07 Å². The van der Waals surface area contributed by atoms with E-state index in [1.54, 1.807) is 18.5 Å². The summed E-state index contributed by atoms with van der Waals surface area (Å²) in [4.78, 5) is 13.2. The van der Waals surface area contributed by atoms with Gasteiger partial charge >= 0.3 is 0 Å². The van der Waals surface area contributed by atoms with Gasteiger partial charge in [-0.2, -0.15) is 5.26 Å². The normalized spacial score (nSPS) is 17.8. The molecule has 2 N–H and O–H groups in total.